The van der Waals surface area contributed by atoms with Gasteiger partial charge in [-0.05, 0) is 36.4 Å². The molecule has 0 radical (unpaired) electrons. The Bertz CT molecular complexity index is 1030. The highest BCUT2D eigenvalue weighted by Gasteiger charge is 2.14. The Morgan fingerprint density at radius 3 is 2.25 bits per heavy atom. The summed E-state index contributed by atoms with van der Waals surface area (Å²) in [7, 11) is 4.57. The molecule has 3 rings (SSSR count). The van der Waals surface area contributed by atoms with E-state index in [4.69, 9.17) is 14.2 Å². The molecule has 0 aliphatic rings. The first-order valence-corrected chi connectivity index (χ1v) is 8.18. The lowest BCUT2D eigenvalue weighted by Crippen LogP contribution is -1.97. The molecule has 0 unspecified atom stereocenters. The lowest BCUT2D eigenvalue weighted by atomic mass is 10.2. The summed E-state index contributed by atoms with van der Waals surface area (Å²) in [5.41, 5.74) is 1.45. The van der Waals surface area contributed by atoms with Crippen molar-refractivity contribution in [2.45, 2.75) is 0 Å². The highest BCUT2D eigenvalue weighted by Crippen LogP contribution is 2.38. The molecule has 28 heavy (non-hydrogen) atoms. The van der Waals surface area contributed by atoms with E-state index in [0.29, 0.717) is 34.3 Å². The highest BCUT2D eigenvalue weighted by molar-refractivity contribution is 5.84. The summed E-state index contributed by atoms with van der Waals surface area (Å²) in [6.45, 7) is 0. The number of imidazole rings is 1. The molecule has 8 heteroatoms. The average Bonchev–Trinajstić information content (AvgIpc) is 3.14. The monoisotopic (exact) mass is 380 g/mol. The maximum Gasteiger partial charge on any atom is 0.203 e. The zero-order valence-corrected chi connectivity index (χ0v) is 15.5. The number of rotatable bonds is 6. The highest BCUT2D eigenvalue weighted by atomic mass is 19.1. The third kappa shape index (κ3) is 3.64. The van der Waals surface area contributed by atoms with Crippen molar-refractivity contribution in [3.63, 3.8) is 0 Å². The van der Waals surface area contributed by atoms with Gasteiger partial charge in [0.05, 0.1) is 21.3 Å². The van der Waals surface area contributed by atoms with E-state index in [1.165, 1.54) is 39.8 Å². The number of nitrogens with zero attached hydrogens (tertiary/aromatic N) is 4. The summed E-state index contributed by atoms with van der Waals surface area (Å²) in [6, 6.07) is 11.3. The number of methoxy groups -OCH3 is 3. The molecule has 3 aromatic rings. The Kier molecular flexibility index (Phi) is 5.56. The Hall–Kier alpha value is -3.86. The maximum atomic E-state index is 13.2. The lowest BCUT2D eigenvalue weighted by Gasteiger charge is -2.12. The van der Waals surface area contributed by atoms with Crippen LogP contribution in [-0.4, -0.2) is 37.1 Å². The molecule has 0 spiro atoms. The number of ether oxygens (including phenoxy) is 3. The van der Waals surface area contributed by atoms with Gasteiger partial charge in [0.1, 0.15) is 18.2 Å². The Balaban J connectivity index is 2.04. The minimum Gasteiger partial charge on any atom is -0.493 e. The van der Waals surface area contributed by atoms with E-state index in [0.717, 1.165) is 0 Å². The molecule has 0 atom stereocenters. The van der Waals surface area contributed by atoms with Crippen molar-refractivity contribution in [3.05, 3.63) is 59.8 Å². The van der Waals surface area contributed by atoms with Crippen molar-refractivity contribution in [2.75, 3.05) is 21.3 Å². The Morgan fingerprint density at radius 1 is 1.07 bits per heavy atom. The number of aliphatic imine (C=N–C) groups is 1. The first-order chi connectivity index (χ1) is 13.6. The SMILES string of the molecule is COc1cc(/C=N/c2c(C#N)ncn2-c2ccc(F)cc2)cc(OC)c1OC. The molecule has 0 saturated carbocycles. The molecule has 1 heterocycles. The molecule has 1 aromatic heterocycles. The van der Waals surface area contributed by atoms with Gasteiger partial charge in [-0.1, -0.05) is 0 Å². The number of nitriles is 1. The minimum atomic E-state index is -0.355. The van der Waals surface area contributed by atoms with Crippen LogP contribution < -0.4 is 14.2 Å². The fraction of sp³-hybridized carbons (Fsp3) is 0.150. The molecule has 0 saturated heterocycles. The molecule has 0 aliphatic heterocycles. The molecule has 2 aromatic carbocycles. The number of hydrogen-bond donors (Lipinski definition) is 0. The van der Waals surface area contributed by atoms with Crippen molar-refractivity contribution in [1.29, 1.82) is 5.26 Å². The quantitative estimate of drug-likeness (QED) is 0.610. The number of halogens is 1. The first-order valence-electron chi connectivity index (χ1n) is 8.18. The van der Waals surface area contributed by atoms with Gasteiger partial charge in [-0.15, -0.1) is 0 Å². The standard InChI is InChI=1S/C20H17FN4O3/c1-26-17-8-13(9-18(27-2)19(17)28-3)11-23-20-16(10-22)24-12-25(20)15-6-4-14(21)5-7-15/h4-9,11-12H,1-3H3/b23-11+. The van der Waals surface area contributed by atoms with Crippen molar-refractivity contribution < 1.29 is 18.6 Å². The number of hydrogen-bond acceptors (Lipinski definition) is 6. The summed E-state index contributed by atoms with van der Waals surface area (Å²) in [6.07, 6.45) is 3.02. The molecule has 0 fully saturated rings. The zero-order valence-electron chi connectivity index (χ0n) is 15.5. The van der Waals surface area contributed by atoms with Crippen LogP contribution in [0.5, 0.6) is 17.2 Å². The number of benzene rings is 2. The topological polar surface area (TPSA) is 81.7 Å². The van der Waals surface area contributed by atoms with Crippen molar-refractivity contribution >= 4 is 12.0 Å². The summed E-state index contributed by atoms with van der Waals surface area (Å²) in [5, 5.41) is 9.34. The van der Waals surface area contributed by atoms with Gasteiger partial charge < -0.3 is 14.2 Å². The fourth-order valence-corrected chi connectivity index (χ4v) is 2.65. The van der Waals surface area contributed by atoms with Crippen LogP contribution in [0.15, 0.2) is 47.7 Å². The summed E-state index contributed by atoms with van der Waals surface area (Å²) < 4.78 is 30.8. The first kappa shape index (κ1) is 18.9. The van der Waals surface area contributed by atoms with E-state index >= 15 is 0 Å². The molecule has 0 bridgehead atoms. The van der Waals surface area contributed by atoms with Crippen LogP contribution in [0, 0.1) is 17.1 Å². The predicted molar refractivity (Wildman–Crippen MR) is 102 cm³/mol. The van der Waals surface area contributed by atoms with Crippen LogP contribution in [0.25, 0.3) is 5.69 Å². The van der Waals surface area contributed by atoms with Crippen molar-refractivity contribution in [2.24, 2.45) is 4.99 Å². The molecule has 142 valence electrons. The second-order valence-electron chi connectivity index (χ2n) is 5.59. The van der Waals surface area contributed by atoms with Crippen LogP contribution in [-0.2, 0) is 0 Å². The van der Waals surface area contributed by atoms with E-state index in [1.807, 2.05) is 6.07 Å². The number of aromatic nitrogens is 2. The van der Waals surface area contributed by atoms with Gasteiger partial charge in [-0.3, -0.25) is 4.57 Å². The molecular formula is C20H17FN4O3. The van der Waals surface area contributed by atoms with E-state index < -0.39 is 0 Å². The van der Waals surface area contributed by atoms with Crippen molar-refractivity contribution in [3.8, 4) is 29.0 Å². The zero-order chi connectivity index (χ0) is 20.1. The second-order valence-corrected chi connectivity index (χ2v) is 5.59. The van der Waals surface area contributed by atoms with Gasteiger partial charge in [-0.25, -0.2) is 14.4 Å². The second kappa shape index (κ2) is 8.22. The average molecular weight is 380 g/mol. The van der Waals surface area contributed by atoms with E-state index in [1.54, 1.807) is 35.0 Å². The fourth-order valence-electron chi connectivity index (χ4n) is 2.65. The van der Waals surface area contributed by atoms with Gasteiger partial charge in [0.2, 0.25) is 5.75 Å². The molecular weight excluding hydrogens is 363 g/mol. The van der Waals surface area contributed by atoms with Crippen LogP contribution >= 0.6 is 0 Å². The third-order valence-electron chi connectivity index (χ3n) is 3.98. The summed E-state index contributed by atoms with van der Waals surface area (Å²) in [5.74, 6) is 1.40. The van der Waals surface area contributed by atoms with E-state index in [9.17, 15) is 9.65 Å². The molecule has 0 N–H and O–H groups in total. The van der Waals surface area contributed by atoms with Crippen LogP contribution in [0.4, 0.5) is 10.2 Å². The van der Waals surface area contributed by atoms with Gasteiger partial charge in [-0.2, -0.15) is 5.26 Å². The lowest BCUT2D eigenvalue weighted by molar-refractivity contribution is 0.324. The van der Waals surface area contributed by atoms with Crippen LogP contribution in [0.3, 0.4) is 0 Å². The van der Waals surface area contributed by atoms with Crippen LogP contribution in [0.1, 0.15) is 11.3 Å². The van der Waals surface area contributed by atoms with Gasteiger partial charge >= 0.3 is 0 Å². The molecule has 7 nitrogen and oxygen atoms in total. The van der Waals surface area contributed by atoms with Gasteiger partial charge in [0.25, 0.3) is 0 Å². The van der Waals surface area contributed by atoms with Crippen molar-refractivity contribution in [1.82, 2.24) is 9.55 Å². The smallest absolute Gasteiger partial charge is 0.203 e. The van der Waals surface area contributed by atoms with Gasteiger partial charge in [0.15, 0.2) is 23.0 Å². The largest absolute Gasteiger partial charge is 0.493 e. The Morgan fingerprint density at radius 2 is 1.71 bits per heavy atom. The van der Waals surface area contributed by atoms with E-state index in [-0.39, 0.29) is 11.5 Å². The predicted octanol–water partition coefficient (Wildman–Crippen LogP) is 3.66. The Labute approximate surface area is 161 Å². The molecule has 0 aliphatic carbocycles. The van der Waals surface area contributed by atoms with Crippen LogP contribution in [0.2, 0.25) is 0 Å². The van der Waals surface area contributed by atoms with E-state index in [2.05, 4.69) is 9.98 Å². The third-order valence-corrected chi connectivity index (χ3v) is 3.98. The molecule has 0 amide bonds. The summed E-state index contributed by atoms with van der Waals surface area (Å²) >= 11 is 0. The normalized spacial score (nSPS) is 10.7. The van der Waals surface area contributed by atoms with Gasteiger partial charge in [0, 0.05) is 17.5 Å². The maximum absolute atomic E-state index is 13.2. The summed E-state index contributed by atoms with van der Waals surface area (Å²) in [4.78, 5) is 8.49. The minimum absolute atomic E-state index is 0.146.